The summed E-state index contributed by atoms with van der Waals surface area (Å²) >= 11 is 0. The molecule has 1 heterocycles. The number of amides is 1. The maximum Gasteiger partial charge on any atom is 0.419 e. The van der Waals surface area contributed by atoms with Gasteiger partial charge in [-0.15, -0.1) is 0 Å². The van der Waals surface area contributed by atoms with Crippen molar-refractivity contribution >= 4 is 17.5 Å². The third-order valence-corrected chi connectivity index (χ3v) is 3.07. The first kappa shape index (κ1) is 12.2. The number of nitrogens with zero attached hydrogens (tertiary/aromatic N) is 2. The first-order valence-corrected chi connectivity index (χ1v) is 5.96. The Morgan fingerprint density at radius 2 is 1.70 bits per heavy atom. The van der Waals surface area contributed by atoms with Gasteiger partial charge in [-0.3, -0.25) is 10.1 Å². The first-order valence-electron chi connectivity index (χ1n) is 5.96. The molecule has 0 radical (unpaired) electrons. The average molecular weight is 270 g/mol. The van der Waals surface area contributed by atoms with Crippen LogP contribution in [0, 0.1) is 10.1 Å². The lowest BCUT2D eigenvalue weighted by Crippen LogP contribution is -2.48. The Kier molecular flexibility index (Phi) is 2.83. The zero-order valence-electron chi connectivity index (χ0n) is 10.3. The van der Waals surface area contributed by atoms with E-state index in [1.165, 1.54) is 29.2 Å². The van der Waals surface area contributed by atoms with Crippen molar-refractivity contribution in [1.29, 1.82) is 0 Å². The van der Waals surface area contributed by atoms with Crippen LogP contribution in [0.15, 0.2) is 54.6 Å². The van der Waals surface area contributed by atoms with Crippen molar-refractivity contribution in [1.82, 2.24) is 0 Å². The minimum Gasteiger partial charge on any atom is -0.420 e. The summed E-state index contributed by atoms with van der Waals surface area (Å²) in [5.41, 5.74) is 1.41. The van der Waals surface area contributed by atoms with Crippen LogP contribution in [-0.2, 0) is 4.74 Å². The lowest BCUT2D eigenvalue weighted by atomic mass is 10.1. The van der Waals surface area contributed by atoms with E-state index >= 15 is 0 Å². The number of hydrogen-bond donors (Lipinski definition) is 0. The van der Waals surface area contributed by atoms with Gasteiger partial charge in [-0.25, -0.2) is 9.69 Å². The molecule has 6 heteroatoms. The summed E-state index contributed by atoms with van der Waals surface area (Å²) in [7, 11) is 0. The van der Waals surface area contributed by atoms with Crippen molar-refractivity contribution in [3.63, 3.8) is 0 Å². The Hall–Kier alpha value is -2.89. The van der Waals surface area contributed by atoms with Gasteiger partial charge < -0.3 is 4.74 Å². The number of carbonyl (C=O) groups excluding carboxylic acids is 1. The van der Waals surface area contributed by atoms with E-state index in [1.54, 1.807) is 0 Å². The predicted molar refractivity (Wildman–Crippen MR) is 71.2 cm³/mol. The van der Waals surface area contributed by atoms with Crippen LogP contribution in [0.4, 0.5) is 16.2 Å². The van der Waals surface area contributed by atoms with Gasteiger partial charge in [-0.2, -0.15) is 0 Å². The second-order valence-corrected chi connectivity index (χ2v) is 4.29. The Labute approximate surface area is 114 Å². The fourth-order valence-electron chi connectivity index (χ4n) is 2.06. The molecule has 1 aliphatic heterocycles. The van der Waals surface area contributed by atoms with E-state index < -0.39 is 17.2 Å². The van der Waals surface area contributed by atoms with Crippen molar-refractivity contribution in [2.75, 3.05) is 4.90 Å². The van der Waals surface area contributed by atoms with Gasteiger partial charge in [-0.05, 0) is 12.1 Å². The Balaban J connectivity index is 1.88. The van der Waals surface area contributed by atoms with Gasteiger partial charge in [0, 0.05) is 17.7 Å². The molecule has 0 spiro atoms. The molecule has 1 unspecified atom stereocenters. The van der Waals surface area contributed by atoms with Gasteiger partial charge in [0.05, 0.1) is 10.6 Å². The normalized spacial score (nSPS) is 17.3. The average Bonchev–Trinajstić information content (AvgIpc) is 2.46. The standard InChI is InChI=1S/C14H10N2O4/c17-14-15(11-6-8-12(9-7-11)16(18)19)13(20-14)10-4-2-1-3-5-10/h1-9,13H. The molecule has 2 aromatic carbocycles. The molecule has 0 N–H and O–H groups in total. The number of anilines is 1. The van der Waals surface area contributed by atoms with Gasteiger partial charge in [-0.1, -0.05) is 30.3 Å². The number of hydrogen-bond acceptors (Lipinski definition) is 4. The van der Waals surface area contributed by atoms with Crippen molar-refractivity contribution in [2.45, 2.75) is 6.23 Å². The maximum atomic E-state index is 11.6. The van der Waals surface area contributed by atoms with Gasteiger partial charge in [0.15, 0.2) is 0 Å². The molecular formula is C14H10N2O4. The molecule has 1 atom stereocenters. The van der Waals surface area contributed by atoms with E-state index in [1.807, 2.05) is 30.3 Å². The Morgan fingerprint density at radius 3 is 2.25 bits per heavy atom. The lowest BCUT2D eigenvalue weighted by molar-refractivity contribution is -0.384. The van der Waals surface area contributed by atoms with Crippen molar-refractivity contribution in [3.05, 3.63) is 70.3 Å². The van der Waals surface area contributed by atoms with Crippen LogP contribution in [-0.4, -0.2) is 11.0 Å². The molecule has 6 nitrogen and oxygen atoms in total. The SMILES string of the molecule is O=C1OC(c2ccccc2)N1c1ccc([N+](=O)[O-])cc1. The molecule has 100 valence electrons. The van der Waals surface area contributed by atoms with E-state index in [0.29, 0.717) is 5.69 Å². The molecule has 2 aromatic rings. The first-order chi connectivity index (χ1) is 9.66. The Bertz CT molecular complexity index is 655. The highest BCUT2D eigenvalue weighted by molar-refractivity contribution is 5.93. The molecule has 0 saturated carbocycles. The van der Waals surface area contributed by atoms with E-state index in [9.17, 15) is 14.9 Å². The highest BCUT2D eigenvalue weighted by Gasteiger charge is 2.40. The van der Waals surface area contributed by atoms with Crippen LogP contribution in [0.2, 0.25) is 0 Å². The van der Waals surface area contributed by atoms with Gasteiger partial charge in [0.2, 0.25) is 6.23 Å². The summed E-state index contributed by atoms with van der Waals surface area (Å²) in [5.74, 6) is 0. The summed E-state index contributed by atoms with van der Waals surface area (Å²) in [4.78, 5) is 23.2. The molecule has 0 aliphatic carbocycles. The van der Waals surface area contributed by atoms with Crippen LogP contribution in [0.25, 0.3) is 0 Å². The van der Waals surface area contributed by atoms with Crippen LogP contribution >= 0.6 is 0 Å². The summed E-state index contributed by atoms with van der Waals surface area (Å²) in [6, 6.07) is 15.1. The summed E-state index contributed by atoms with van der Waals surface area (Å²) in [6.45, 7) is 0. The van der Waals surface area contributed by atoms with Gasteiger partial charge in [0.1, 0.15) is 0 Å². The predicted octanol–water partition coefficient (Wildman–Crippen LogP) is 3.25. The van der Waals surface area contributed by atoms with Crippen LogP contribution in [0.3, 0.4) is 0 Å². The third kappa shape index (κ3) is 1.97. The highest BCUT2D eigenvalue weighted by Crippen LogP contribution is 2.37. The fourth-order valence-corrected chi connectivity index (χ4v) is 2.06. The van der Waals surface area contributed by atoms with Crippen LogP contribution in [0.5, 0.6) is 0 Å². The number of cyclic esters (lactones) is 1. The minimum absolute atomic E-state index is 0.0149. The molecular weight excluding hydrogens is 260 g/mol. The second kappa shape index (κ2) is 4.65. The largest absolute Gasteiger partial charge is 0.420 e. The lowest BCUT2D eigenvalue weighted by Gasteiger charge is -2.39. The van der Waals surface area contributed by atoms with Crippen LogP contribution < -0.4 is 4.90 Å². The second-order valence-electron chi connectivity index (χ2n) is 4.29. The van der Waals surface area contributed by atoms with E-state index in [-0.39, 0.29) is 5.69 Å². The number of carbonyl (C=O) groups is 1. The molecule has 1 fully saturated rings. The minimum atomic E-state index is -0.481. The fraction of sp³-hybridized carbons (Fsp3) is 0.0714. The maximum absolute atomic E-state index is 11.6. The number of benzene rings is 2. The summed E-state index contributed by atoms with van der Waals surface area (Å²) in [6.07, 6.45) is -0.946. The molecule has 1 amide bonds. The van der Waals surface area contributed by atoms with Crippen molar-refractivity contribution < 1.29 is 14.5 Å². The third-order valence-electron chi connectivity index (χ3n) is 3.07. The molecule has 1 saturated heterocycles. The highest BCUT2D eigenvalue weighted by atomic mass is 16.6. The van der Waals surface area contributed by atoms with E-state index in [0.717, 1.165) is 5.56 Å². The zero-order valence-corrected chi connectivity index (χ0v) is 10.3. The zero-order chi connectivity index (χ0) is 14.1. The molecule has 0 aromatic heterocycles. The summed E-state index contributed by atoms with van der Waals surface area (Å²) < 4.78 is 5.12. The van der Waals surface area contributed by atoms with Crippen molar-refractivity contribution in [3.8, 4) is 0 Å². The summed E-state index contributed by atoms with van der Waals surface area (Å²) in [5, 5.41) is 10.6. The van der Waals surface area contributed by atoms with Crippen LogP contribution in [0.1, 0.15) is 11.8 Å². The molecule has 3 rings (SSSR count). The number of rotatable bonds is 3. The quantitative estimate of drug-likeness (QED) is 0.634. The number of nitro groups is 1. The van der Waals surface area contributed by atoms with E-state index in [2.05, 4.69) is 0 Å². The molecule has 20 heavy (non-hydrogen) atoms. The Morgan fingerprint density at radius 1 is 1.05 bits per heavy atom. The van der Waals surface area contributed by atoms with Crippen molar-refractivity contribution in [2.24, 2.45) is 0 Å². The molecule has 1 aliphatic rings. The van der Waals surface area contributed by atoms with Gasteiger partial charge in [0.25, 0.3) is 5.69 Å². The number of non-ortho nitro benzene ring substituents is 1. The molecule has 0 bridgehead atoms. The van der Waals surface area contributed by atoms with Gasteiger partial charge >= 0.3 is 6.09 Å². The number of nitro benzene ring substituents is 1. The van der Waals surface area contributed by atoms with E-state index in [4.69, 9.17) is 4.74 Å². The topological polar surface area (TPSA) is 72.7 Å². The monoisotopic (exact) mass is 270 g/mol. The number of ether oxygens (including phenoxy) is 1. The smallest absolute Gasteiger partial charge is 0.419 e.